The molecule has 110 valence electrons. The van der Waals surface area contributed by atoms with E-state index in [0.717, 1.165) is 22.3 Å². The second-order valence-corrected chi connectivity index (χ2v) is 5.72. The van der Waals surface area contributed by atoms with Crippen molar-refractivity contribution in [3.63, 3.8) is 0 Å². The van der Waals surface area contributed by atoms with Gasteiger partial charge in [-0.3, -0.25) is 0 Å². The lowest BCUT2D eigenvalue weighted by atomic mass is 9.91. The zero-order valence-corrected chi connectivity index (χ0v) is 12.7. The molecule has 1 aliphatic heterocycles. The summed E-state index contributed by atoms with van der Waals surface area (Å²) < 4.78 is 19.9. The van der Waals surface area contributed by atoms with Crippen molar-refractivity contribution >= 4 is 0 Å². The largest absolute Gasteiger partial charge is 0.372 e. The number of fused-ring (bicyclic) bond motifs is 1. The number of hydrogen-bond donors (Lipinski definition) is 1. The number of halogens is 1. The van der Waals surface area contributed by atoms with Crippen LogP contribution in [0.3, 0.4) is 0 Å². The number of ether oxygens (including phenoxy) is 1. The van der Waals surface area contributed by atoms with Crippen molar-refractivity contribution in [2.45, 2.75) is 33.1 Å². The molecule has 3 rings (SSSR count). The first-order chi connectivity index (χ1) is 10.1. The summed E-state index contributed by atoms with van der Waals surface area (Å²) >= 11 is 0. The van der Waals surface area contributed by atoms with Crippen LogP contribution in [0.25, 0.3) is 0 Å². The fourth-order valence-electron chi connectivity index (χ4n) is 3.14. The lowest BCUT2D eigenvalue weighted by molar-refractivity contribution is 0.134. The average molecular weight is 285 g/mol. The lowest BCUT2D eigenvalue weighted by Crippen LogP contribution is -2.20. The maximum atomic E-state index is 14.4. The van der Waals surface area contributed by atoms with Gasteiger partial charge in [0.2, 0.25) is 0 Å². The van der Waals surface area contributed by atoms with Gasteiger partial charge >= 0.3 is 0 Å². The fraction of sp³-hybridized carbons (Fsp3) is 0.333. The highest BCUT2D eigenvalue weighted by Crippen LogP contribution is 2.31. The highest BCUT2D eigenvalue weighted by Gasteiger charge is 2.21. The van der Waals surface area contributed by atoms with Crippen LogP contribution in [0, 0.1) is 19.7 Å². The third-order valence-electron chi connectivity index (χ3n) is 4.14. The average Bonchev–Trinajstić information content (AvgIpc) is 2.89. The number of aryl methyl sites for hydroxylation is 2. The van der Waals surface area contributed by atoms with Crippen LogP contribution in [-0.2, 0) is 18.0 Å². The minimum Gasteiger partial charge on any atom is -0.372 e. The summed E-state index contributed by atoms with van der Waals surface area (Å²) in [4.78, 5) is 0. The second-order valence-electron chi connectivity index (χ2n) is 5.72. The monoisotopic (exact) mass is 285 g/mol. The molecule has 3 heteroatoms. The van der Waals surface area contributed by atoms with E-state index in [1.165, 1.54) is 11.1 Å². The molecular formula is C18H20FNO. The molecule has 0 aliphatic carbocycles. The predicted molar refractivity (Wildman–Crippen MR) is 81.7 cm³/mol. The molecule has 0 bridgehead atoms. The zero-order valence-electron chi connectivity index (χ0n) is 12.7. The van der Waals surface area contributed by atoms with Crippen molar-refractivity contribution in [2.24, 2.45) is 0 Å². The first-order valence-electron chi connectivity index (χ1n) is 7.23. The topological polar surface area (TPSA) is 21.3 Å². The van der Waals surface area contributed by atoms with Crippen LogP contribution in [0.2, 0.25) is 0 Å². The van der Waals surface area contributed by atoms with Crippen LogP contribution in [0.4, 0.5) is 4.39 Å². The van der Waals surface area contributed by atoms with E-state index in [4.69, 9.17) is 4.74 Å². The van der Waals surface area contributed by atoms with E-state index in [1.807, 2.05) is 27.0 Å². The van der Waals surface area contributed by atoms with Crippen molar-refractivity contribution in [3.05, 3.63) is 69.5 Å². The van der Waals surface area contributed by atoms with Crippen LogP contribution >= 0.6 is 0 Å². The Balaban J connectivity index is 2.07. The summed E-state index contributed by atoms with van der Waals surface area (Å²) in [6.07, 6.45) is 0. The minimum atomic E-state index is -0.149. The van der Waals surface area contributed by atoms with Crippen LogP contribution in [0.15, 0.2) is 30.3 Å². The van der Waals surface area contributed by atoms with Crippen molar-refractivity contribution < 1.29 is 9.13 Å². The lowest BCUT2D eigenvalue weighted by Gasteiger charge is -2.21. The molecule has 2 aromatic rings. The fourth-order valence-corrected chi connectivity index (χ4v) is 3.14. The van der Waals surface area contributed by atoms with E-state index >= 15 is 0 Å². The van der Waals surface area contributed by atoms with Crippen molar-refractivity contribution in [2.75, 3.05) is 7.05 Å². The Labute approximate surface area is 125 Å². The van der Waals surface area contributed by atoms with E-state index in [1.54, 1.807) is 6.07 Å². The van der Waals surface area contributed by atoms with Crippen molar-refractivity contribution in [3.8, 4) is 0 Å². The molecule has 0 spiro atoms. The Morgan fingerprint density at radius 1 is 1.10 bits per heavy atom. The summed E-state index contributed by atoms with van der Waals surface area (Å²) in [6, 6.07) is 9.76. The van der Waals surface area contributed by atoms with Gasteiger partial charge in [-0.05, 0) is 54.8 Å². The Morgan fingerprint density at radius 3 is 2.57 bits per heavy atom. The molecule has 21 heavy (non-hydrogen) atoms. The van der Waals surface area contributed by atoms with Gasteiger partial charge in [-0.2, -0.15) is 0 Å². The molecule has 0 saturated heterocycles. The van der Waals surface area contributed by atoms with Gasteiger partial charge in [0, 0.05) is 5.56 Å². The van der Waals surface area contributed by atoms with Gasteiger partial charge in [0.1, 0.15) is 5.82 Å². The molecule has 1 unspecified atom stereocenters. The zero-order chi connectivity index (χ0) is 15.0. The molecule has 0 radical (unpaired) electrons. The summed E-state index contributed by atoms with van der Waals surface area (Å²) in [7, 11) is 1.87. The highest BCUT2D eigenvalue weighted by molar-refractivity contribution is 5.43. The molecule has 2 aromatic carbocycles. The summed E-state index contributed by atoms with van der Waals surface area (Å²) in [6.45, 7) is 5.21. The van der Waals surface area contributed by atoms with Gasteiger partial charge in [-0.25, -0.2) is 4.39 Å². The summed E-state index contributed by atoms with van der Waals surface area (Å²) in [5, 5.41) is 3.25. The maximum absolute atomic E-state index is 14.4. The number of hydrogen-bond acceptors (Lipinski definition) is 2. The molecule has 1 aliphatic rings. The van der Waals surface area contributed by atoms with Crippen LogP contribution in [0.5, 0.6) is 0 Å². The van der Waals surface area contributed by atoms with Crippen LogP contribution in [0.1, 0.15) is 39.4 Å². The number of benzene rings is 2. The molecule has 1 N–H and O–H groups in total. The Bertz CT molecular complexity index is 658. The second kappa shape index (κ2) is 5.58. The quantitative estimate of drug-likeness (QED) is 0.926. The molecule has 0 fully saturated rings. The molecule has 0 amide bonds. The first kappa shape index (κ1) is 14.2. The van der Waals surface area contributed by atoms with Gasteiger partial charge in [0.05, 0.1) is 19.3 Å². The molecule has 0 aromatic heterocycles. The maximum Gasteiger partial charge on any atom is 0.128 e. The predicted octanol–water partition coefficient (Wildman–Crippen LogP) is 3.78. The first-order valence-corrected chi connectivity index (χ1v) is 7.23. The Kier molecular flexibility index (Phi) is 3.79. The third-order valence-corrected chi connectivity index (χ3v) is 4.14. The molecule has 2 nitrogen and oxygen atoms in total. The van der Waals surface area contributed by atoms with Crippen molar-refractivity contribution in [1.29, 1.82) is 0 Å². The normalized spacial score (nSPS) is 15.0. The highest BCUT2D eigenvalue weighted by atomic mass is 19.1. The Morgan fingerprint density at radius 2 is 1.86 bits per heavy atom. The van der Waals surface area contributed by atoms with Crippen LogP contribution < -0.4 is 5.32 Å². The molecule has 1 heterocycles. The molecule has 0 saturated carbocycles. The smallest absolute Gasteiger partial charge is 0.128 e. The standard InChI is InChI=1S/C18H20FNO/c1-11-6-12(2)17(16(19)7-11)18(20-3)13-4-5-14-9-21-10-15(14)8-13/h4-8,18,20H,9-10H2,1-3H3. The van der Waals surface area contributed by atoms with E-state index in [-0.39, 0.29) is 11.9 Å². The van der Waals surface area contributed by atoms with E-state index in [9.17, 15) is 4.39 Å². The van der Waals surface area contributed by atoms with Gasteiger partial charge in [0.15, 0.2) is 0 Å². The van der Waals surface area contributed by atoms with Gasteiger partial charge in [0.25, 0.3) is 0 Å². The third kappa shape index (κ3) is 2.59. The minimum absolute atomic E-state index is 0.142. The molecule has 1 atom stereocenters. The van der Waals surface area contributed by atoms with E-state index < -0.39 is 0 Å². The summed E-state index contributed by atoms with van der Waals surface area (Å²) in [5.74, 6) is -0.149. The number of rotatable bonds is 3. The van der Waals surface area contributed by atoms with Gasteiger partial charge in [-0.1, -0.05) is 24.3 Å². The Hall–Kier alpha value is -1.71. The van der Waals surface area contributed by atoms with E-state index in [2.05, 4.69) is 23.5 Å². The van der Waals surface area contributed by atoms with Crippen LogP contribution in [-0.4, -0.2) is 7.05 Å². The van der Waals surface area contributed by atoms with E-state index in [0.29, 0.717) is 13.2 Å². The SMILES string of the molecule is CNC(c1ccc2c(c1)COC2)c1c(C)cc(C)cc1F. The molecular weight excluding hydrogens is 265 g/mol. The number of nitrogens with one attached hydrogen (secondary N) is 1. The van der Waals surface area contributed by atoms with Crippen molar-refractivity contribution in [1.82, 2.24) is 5.32 Å². The summed E-state index contributed by atoms with van der Waals surface area (Å²) in [5.41, 5.74) is 6.16. The van der Waals surface area contributed by atoms with Gasteiger partial charge in [-0.15, -0.1) is 0 Å². The van der Waals surface area contributed by atoms with Gasteiger partial charge < -0.3 is 10.1 Å².